The van der Waals surface area contributed by atoms with Crippen molar-refractivity contribution < 1.29 is 123 Å². The molecule has 0 fully saturated rings. The van der Waals surface area contributed by atoms with Gasteiger partial charge in [0.05, 0.1) is 0 Å². The van der Waals surface area contributed by atoms with E-state index in [1.54, 1.807) is 0 Å². The van der Waals surface area contributed by atoms with Crippen molar-refractivity contribution in [3.8, 4) is 0 Å². The van der Waals surface area contributed by atoms with E-state index in [9.17, 15) is 0 Å². The molecule has 86 valence electrons. The maximum atomic E-state index is 8.74. The fourth-order valence-electron chi connectivity index (χ4n) is 0. The summed E-state index contributed by atoms with van der Waals surface area (Å²) in [6, 6.07) is 0. The molecule has 0 aliphatic rings. The van der Waals surface area contributed by atoms with Crippen molar-refractivity contribution in [3.63, 3.8) is 0 Å². The van der Waals surface area contributed by atoms with Crippen LogP contribution in [-0.4, -0.2) is 35.0 Å². The summed E-state index contributed by atoms with van der Waals surface area (Å²) in [6.45, 7) is 0. The minimum absolute atomic E-state index is 0. The van der Waals surface area contributed by atoms with Gasteiger partial charge in [-0.15, -0.1) is 0 Å². The molecule has 0 saturated heterocycles. The summed E-state index contributed by atoms with van der Waals surface area (Å²) in [6.07, 6.45) is 0. The summed E-state index contributed by atoms with van der Waals surface area (Å²) >= 11 is 0. The zero-order chi connectivity index (χ0) is 9.00. The van der Waals surface area contributed by atoms with Gasteiger partial charge in [-0.2, -0.15) is 16.8 Å². The maximum absolute atomic E-state index is 8.74. The molecule has 14 heteroatoms. The Labute approximate surface area is 147 Å². The van der Waals surface area contributed by atoms with Gasteiger partial charge in [-0.05, 0) is 0 Å². The Bertz CT molecular complexity index is 227. The zero-order valence-electron chi connectivity index (χ0n) is 7.76. The molecule has 0 rings (SSSR count). The first kappa shape index (κ1) is 36.0. The van der Waals surface area contributed by atoms with E-state index < -0.39 is 20.8 Å². The molecule has 0 atom stereocenters. The first-order valence-electron chi connectivity index (χ1n) is 1.40. The van der Waals surface area contributed by atoms with Crippen molar-refractivity contribution in [1.29, 1.82) is 0 Å². The van der Waals surface area contributed by atoms with Crippen LogP contribution in [0.15, 0.2) is 0 Å². The van der Waals surface area contributed by atoms with E-state index in [2.05, 4.69) is 0 Å². The second-order valence-electron chi connectivity index (χ2n) is 0.896. The van der Waals surface area contributed by atoms with E-state index in [1.165, 1.54) is 0 Å². The summed E-state index contributed by atoms with van der Waals surface area (Å²) in [4.78, 5) is 0. The van der Waals surface area contributed by atoms with Crippen LogP contribution in [0.5, 0.6) is 0 Å². The zero-order valence-corrected chi connectivity index (χ0v) is 14.1. The van der Waals surface area contributed by atoms with Gasteiger partial charge in [0.15, 0.2) is 0 Å². The first-order valence-corrected chi connectivity index (χ1v) is 4.19. The van der Waals surface area contributed by atoms with Crippen molar-refractivity contribution in [2.75, 3.05) is 0 Å². The number of rotatable bonds is 0. The number of hydrogen-bond acceptors (Lipinski definition) is 5. The summed E-state index contributed by atoms with van der Waals surface area (Å²) in [7, 11) is -9.33. The summed E-state index contributed by atoms with van der Waals surface area (Å²) < 4.78 is 63.2. The molecule has 0 unspecified atom stereocenters. The second-order valence-corrected chi connectivity index (χ2v) is 2.69. The van der Waals surface area contributed by atoms with E-state index in [0.29, 0.717) is 0 Å². The third-order valence-electron chi connectivity index (χ3n) is 0. The van der Waals surface area contributed by atoms with Gasteiger partial charge in [-0.3, -0.25) is 18.2 Å². The molecule has 0 heterocycles. The molecule has 0 amide bonds. The topological polar surface area (TPSA) is 184 Å². The van der Waals surface area contributed by atoms with Crippen LogP contribution >= 0.6 is 0 Å². The fraction of sp³-hybridized carbons (Fsp3) is 0. The molecule has 0 aromatic carbocycles. The standard InChI is InChI=1S/2Cr.K.H3N.2H2O4S.H/c;;;;2*1-5(2,3)4;/h;;;1H3;2*(H2,1,2,3,4);/q;;+1;;;;-1. The van der Waals surface area contributed by atoms with Crippen molar-refractivity contribution in [2.45, 2.75) is 0 Å². The minimum atomic E-state index is -4.67. The van der Waals surface area contributed by atoms with Gasteiger partial charge in [0, 0.05) is 34.7 Å². The maximum Gasteiger partial charge on any atom is 1.00 e. The molecule has 0 aromatic heterocycles. The minimum Gasteiger partial charge on any atom is -1.00 e. The van der Waals surface area contributed by atoms with E-state index in [0.717, 1.165) is 0 Å². The summed E-state index contributed by atoms with van der Waals surface area (Å²) in [5, 5.41) is 0. The van der Waals surface area contributed by atoms with E-state index >= 15 is 0 Å². The summed E-state index contributed by atoms with van der Waals surface area (Å²) in [5.41, 5.74) is 0. The normalized spacial score (nSPS) is 8.29. The van der Waals surface area contributed by atoms with Gasteiger partial charge in [-0.25, -0.2) is 0 Å². The fourth-order valence-corrected chi connectivity index (χ4v) is 0. The SMILES string of the molecule is N.O=S(=O)(O)O.O=S(=O)(O)O.[Cr].[Cr].[H-].[K+]. The van der Waals surface area contributed by atoms with Crippen molar-refractivity contribution in [1.82, 2.24) is 6.15 Å². The van der Waals surface area contributed by atoms with Gasteiger partial charge in [-0.1, -0.05) is 0 Å². The average molecular weight is 357 g/mol. The molecule has 0 saturated carbocycles. The quantitative estimate of drug-likeness (QED) is 0.213. The molecule has 9 nitrogen and oxygen atoms in total. The van der Waals surface area contributed by atoms with Crippen molar-refractivity contribution in [2.24, 2.45) is 0 Å². The van der Waals surface area contributed by atoms with Gasteiger partial charge < -0.3 is 7.58 Å². The Morgan fingerprint density at radius 3 is 0.714 bits per heavy atom. The molecule has 0 bridgehead atoms. The van der Waals surface area contributed by atoms with Gasteiger partial charge in [0.2, 0.25) is 0 Å². The van der Waals surface area contributed by atoms with Crippen molar-refractivity contribution in [3.05, 3.63) is 0 Å². The molecule has 14 heavy (non-hydrogen) atoms. The Morgan fingerprint density at radius 1 is 0.714 bits per heavy atom. The van der Waals surface area contributed by atoms with Crippen LogP contribution in [0.3, 0.4) is 0 Å². The third-order valence-corrected chi connectivity index (χ3v) is 0. The Balaban J connectivity index is -0.0000000128. The first-order chi connectivity index (χ1) is 4.00. The molecule has 0 aliphatic carbocycles. The van der Waals surface area contributed by atoms with Crippen LogP contribution in [-0.2, 0) is 55.5 Å². The van der Waals surface area contributed by atoms with Crippen LogP contribution in [0.4, 0.5) is 0 Å². The van der Waals surface area contributed by atoms with Gasteiger partial charge >= 0.3 is 72.2 Å². The average Bonchev–Trinajstić information content (AvgIpc) is 1.12. The van der Waals surface area contributed by atoms with E-state index in [4.69, 9.17) is 35.0 Å². The predicted octanol–water partition coefficient (Wildman–Crippen LogP) is -4.03. The van der Waals surface area contributed by atoms with Crippen LogP contribution in [0, 0.1) is 0 Å². The second kappa shape index (κ2) is 15.4. The Morgan fingerprint density at radius 2 is 0.714 bits per heavy atom. The molecular weight excluding hydrogens is 349 g/mol. The molecule has 0 radical (unpaired) electrons. The summed E-state index contributed by atoms with van der Waals surface area (Å²) in [5.74, 6) is 0. The van der Waals surface area contributed by atoms with Crippen LogP contribution in [0.1, 0.15) is 1.43 Å². The largest absolute Gasteiger partial charge is 1.00 e. The Kier molecular flexibility index (Phi) is 39.6. The number of hydrogen-bond donors (Lipinski definition) is 5. The molecule has 0 aromatic rings. The molecule has 7 N–H and O–H groups in total. The van der Waals surface area contributed by atoms with E-state index in [1.807, 2.05) is 0 Å². The van der Waals surface area contributed by atoms with Crippen LogP contribution < -0.4 is 57.5 Å². The van der Waals surface area contributed by atoms with Gasteiger partial charge in [0.25, 0.3) is 0 Å². The predicted molar refractivity (Wildman–Crippen MR) is 34.5 cm³/mol. The van der Waals surface area contributed by atoms with Crippen LogP contribution in [0.2, 0.25) is 0 Å². The molecule has 0 spiro atoms. The van der Waals surface area contributed by atoms with Crippen molar-refractivity contribution >= 4 is 20.8 Å². The molecular formula is H8Cr2KNO8S2. The van der Waals surface area contributed by atoms with E-state index in [-0.39, 0.29) is 93.7 Å². The monoisotopic (exact) mass is 357 g/mol. The van der Waals surface area contributed by atoms with Crippen LogP contribution in [0.25, 0.3) is 0 Å². The molecule has 0 aliphatic heterocycles. The third kappa shape index (κ3) is 449. The van der Waals surface area contributed by atoms with Gasteiger partial charge in [0.1, 0.15) is 0 Å². The smallest absolute Gasteiger partial charge is 1.00 e. The Hall–Kier alpha value is 2.40.